The lowest BCUT2D eigenvalue weighted by Crippen LogP contribution is -2.63. The van der Waals surface area contributed by atoms with Gasteiger partial charge in [-0.1, -0.05) is 42.5 Å². The number of fused-ring (bicyclic) bond motifs is 10. The average Bonchev–Trinajstić information content (AvgIpc) is 1.70. The lowest BCUT2D eigenvalue weighted by Gasteiger charge is -2.37. The van der Waals surface area contributed by atoms with Crippen molar-refractivity contribution in [1.82, 2.24) is 62.2 Å². The zero-order chi connectivity index (χ0) is 69.3. The van der Waals surface area contributed by atoms with Crippen LogP contribution in [0.2, 0.25) is 0 Å². The molecule has 5 heterocycles. The van der Waals surface area contributed by atoms with Crippen LogP contribution < -0.4 is 57.3 Å². The van der Waals surface area contributed by atoms with Crippen LogP contribution in [-0.2, 0) is 91.6 Å². The van der Waals surface area contributed by atoms with E-state index in [-0.39, 0.29) is 83.1 Å². The summed E-state index contributed by atoms with van der Waals surface area (Å²) < 4.78 is 33.9. The molecular weight excluding hydrogens is 1250 g/mol. The fourth-order valence-corrected chi connectivity index (χ4v) is 12.8. The predicted molar refractivity (Wildman–Crippen MR) is 354 cm³/mol. The van der Waals surface area contributed by atoms with Crippen LogP contribution in [0, 0.1) is 12.7 Å². The molecule has 8 atom stereocenters. The van der Waals surface area contributed by atoms with Crippen molar-refractivity contribution in [3.8, 4) is 11.5 Å². The summed E-state index contributed by atoms with van der Waals surface area (Å²) in [5.74, 6) is -5.89. The number of aliphatic hydroxyl groups is 1. The number of halogens is 1. The number of hydrogen-bond donors (Lipinski definition) is 10. The molecule has 0 aliphatic carbocycles. The number of benzene rings is 4. The van der Waals surface area contributed by atoms with E-state index in [9.17, 15) is 52.6 Å². The summed E-state index contributed by atoms with van der Waals surface area (Å²) in [4.78, 5) is 144. The van der Waals surface area contributed by atoms with Gasteiger partial charge in [0.05, 0.1) is 45.1 Å². The van der Waals surface area contributed by atoms with Crippen molar-refractivity contribution >= 4 is 70.0 Å². The van der Waals surface area contributed by atoms with E-state index in [1.165, 1.54) is 31.1 Å². The maximum Gasteiger partial charge on any atom is 0.246 e. The quantitative estimate of drug-likeness (QED) is 0.0888. The van der Waals surface area contributed by atoms with Gasteiger partial charge in [-0.15, -0.1) is 0 Å². The molecule has 4 aliphatic rings. The maximum atomic E-state index is 15.2. The molecule has 1 unspecified atom stereocenters. The van der Waals surface area contributed by atoms with E-state index in [1.54, 1.807) is 68.4 Å². The molecule has 2 fully saturated rings. The minimum Gasteiger partial charge on any atom is -0.497 e. The Morgan fingerprint density at radius 1 is 0.711 bits per heavy atom. The number of aromatic nitrogens is 1. The van der Waals surface area contributed by atoms with E-state index in [1.807, 2.05) is 31.3 Å². The molecule has 2 saturated heterocycles. The number of carbonyl (C=O) groups excluding carboxylic acids is 10. The third-order valence-electron chi connectivity index (χ3n) is 18.2. The highest BCUT2D eigenvalue weighted by Crippen LogP contribution is 2.32. The fraction of sp³-hybridized carbons (Fsp3) is 0.486. The van der Waals surface area contributed by atoms with Gasteiger partial charge in [0.1, 0.15) is 53.6 Å². The second kappa shape index (κ2) is 33.5. The number of hydrogen-bond acceptors (Lipinski definition) is 15. The number of nitrogens with zero attached hydrogens (tertiary/aromatic N) is 3. The Bertz CT molecular complexity index is 3700. The van der Waals surface area contributed by atoms with Crippen LogP contribution in [0.5, 0.6) is 11.5 Å². The minimum absolute atomic E-state index is 0.0246. The van der Waals surface area contributed by atoms with Crippen molar-refractivity contribution in [2.45, 2.75) is 159 Å². The average molecular weight is 1340 g/mol. The molecule has 8 bridgehead atoms. The van der Waals surface area contributed by atoms with Crippen molar-refractivity contribution in [3.63, 3.8) is 0 Å². The molecular formula is C70H89FN12O14. The SMILES string of the molecule is COc1ccc(C[C@@H]2NC(=O)[C@H]([C@@H](C)O)NC(=O)C3[C@@H]4CCN3C(=O)CNC(=O)[C@H](Cc3cccc(c3)CNC(=O)CO4)NC(=O)CNC(=O)[C@H](C)NCCCC(=O)NCc3cc(cc(OCCCCn4cc(C)c5cc(F)ccc54)c3)CCNC(=O)[C@]3(C)CCCN3C2=O)cc1. The fourth-order valence-electron chi connectivity index (χ4n) is 12.8. The van der Waals surface area contributed by atoms with Gasteiger partial charge in [-0.2, -0.15) is 0 Å². The number of aryl methyl sites for hydroxylation is 2. The first-order valence-corrected chi connectivity index (χ1v) is 33.2. The van der Waals surface area contributed by atoms with Crippen molar-refractivity contribution < 1.29 is 71.7 Å². The largest absolute Gasteiger partial charge is 0.497 e. The van der Waals surface area contributed by atoms with Crippen LogP contribution in [0.3, 0.4) is 0 Å². The summed E-state index contributed by atoms with van der Waals surface area (Å²) in [5.41, 5.74) is 3.83. The summed E-state index contributed by atoms with van der Waals surface area (Å²) in [6.07, 6.45) is 2.03. The van der Waals surface area contributed by atoms with Crippen molar-refractivity contribution in [3.05, 3.63) is 130 Å². The highest BCUT2D eigenvalue weighted by Gasteiger charge is 2.49. The Balaban J connectivity index is 0.968. The Hall–Kier alpha value is -9.47. The number of carbonyl (C=O) groups is 10. The third-order valence-corrected chi connectivity index (χ3v) is 18.2. The molecule has 10 N–H and O–H groups in total. The molecule has 5 aromatic rings. The van der Waals surface area contributed by atoms with Gasteiger partial charge in [-0.3, -0.25) is 47.9 Å². The lowest BCUT2D eigenvalue weighted by atomic mass is 9.95. The molecule has 0 spiro atoms. The Kier molecular flexibility index (Phi) is 24.8. The third kappa shape index (κ3) is 19.2. The molecule has 4 aliphatic heterocycles. The highest BCUT2D eigenvalue weighted by atomic mass is 19.1. The van der Waals surface area contributed by atoms with Crippen molar-refractivity contribution in [2.75, 3.05) is 59.6 Å². The topological polar surface area (TPSA) is 338 Å². The number of unbranched alkanes of at least 4 members (excludes halogenated alkanes) is 1. The van der Waals surface area contributed by atoms with Gasteiger partial charge in [0.25, 0.3) is 0 Å². The normalized spacial score (nSPS) is 24.1. The first-order chi connectivity index (χ1) is 46.5. The zero-order valence-corrected chi connectivity index (χ0v) is 55.5. The van der Waals surface area contributed by atoms with E-state index >= 15 is 4.79 Å². The molecule has 9 rings (SSSR count). The molecule has 4 aromatic carbocycles. The maximum absolute atomic E-state index is 15.2. The van der Waals surface area contributed by atoms with Gasteiger partial charge in [0, 0.05) is 75.6 Å². The first kappa shape index (κ1) is 71.8. The molecule has 10 amide bonds. The number of rotatable bonds is 10. The smallest absolute Gasteiger partial charge is 0.246 e. The monoisotopic (exact) mass is 1340 g/mol. The number of aliphatic hydroxyl groups excluding tert-OH is 1. The number of amides is 10. The second-order valence-corrected chi connectivity index (χ2v) is 25.5. The van der Waals surface area contributed by atoms with Gasteiger partial charge in [-0.05, 0) is 155 Å². The van der Waals surface area contributed by atoms with Gasteiger partial charge in [-0.25, -0.2) is 4.39 Å². The second-order valence-electron chi connectivity index (χ2n) is 25.5. The van der Waals surface area contributed by atoms with Crippen LogP contribution >= 0.6 is 0 Å². The minimum atomic E-state index is -1.76. The summed E-state index contributed by atoms with van der Waals surface area (Å²) >= 11 is 0. The van der Waals surface area contributed by atoms with Crippen LogP contribution in [0.1, 0.15) is 99.1 Å². The van der Waals surface area contributed by atoms with E-state index < -0.39 is 121 Å². The van der Waals surface area contributed by atoms with Crippen molar-refractivity contribution in [1.29, 1.82) is 0 Å². The van der Waals surface area contributed by atoms with E-state index in [0.29, 0.717) is 67.0 Å². The highest BCUT2D eigenvalue weighted by molar-refractivity contribution is 5.98. The Labute approximate surface area is 562 Å². The van der Waals surface area contributed by atoms with Crippen LogP contribution in [0.25, 0.3) is 10.9 Å². The van der Waals surface area contributed by atoms with Gasteiger partial charge >= 0.3 is 0 Å². The van der Waals surface area contributed by atoms with Gasteiger partial charge in [0.2, 0.25) is 59.1 Å². The molecule has 97 heavy (non-hydrogen) atoms. The molecule has 0 radical (unpaired) electrons. The Morgan fingerprint density at radius 3 is 2.24 bits per heavy atom. The van der Waals surface area contributed by atoms with Crippen LogP contribution in [0.15, 0.2) is 91.1 Å². The predicted octanol–water partition coefficient (Wildman–Crippen LogP) is 1.55. The zero-order valence-electron chi connectivity index (χ0n) is 55.5. The summed E-state index contributed by atoms with van der Waals surface area (Å²) in [6, 6.07) is 17.3. The number of nitrogens with one attached hydrogen (secondary N) is 9. The summed E-state index contributed by atoms with van der Waals surface area (Å²) in [6.45, 7) is 6.34. The molecule has 0 saturated carbocycles. The van der Waals surface area contributed by atoms with Crippen LogP contribution in [-0.4, -0.2) is 186 Å². The lowest BCUT2D eigenvalue weighted by molar-refractivity contribution is -0.147. The van der Waals surface area contributed by atoms with E-state index in [2.05, 4.69) is 52.4 Å². The number of methoxy groups -OCH3 is 1. The van der Waals surface area contributed by atoms with Crippen LogP contribution in [0.4, 0.5) is 4.39 Å². The van der Waals surface area contributed by atoms with Gasteiger partial charge in [0.15, 0.2) is 0 Å². The number of ether oxygens (including phenoxy) is 3. The molecule has 26 nitrogen and oxygen atoms in total. The molecule has 27 heteroatoms. The summed E-state index contributed by atoms with van der Waals surface area (Å²) in [5, 5.41) is 37.2. The molecule has 1 aromatic heterocycles. The first-order valence-electron chi connectivity index (χ1n) is 33.2. The Morgan fingerprint density at radius 2 is 1.45 bits per heavy atom. The molecule has 520 valence electrons. The standard InChI is InChI=1S/C70H89FN12O14/c1-42-40-81(56-19-16-50(71)35-53(42)56)25-6-7-28-96-52-31-47-20-24-73-69(94)70(4)22-10-26-83(70)68(93)55(33-45-14-17-51(95-5)18-15-45)79-66(91)62(44(3)84)80-67(92)63-57-21-27-82(63)61(88)39-77-65(90)54(34-46-11-8-12-48(29-46)36-75-60(87)41-97-57)78-59(86)38-76-64(89)43(2)72-23-9-13-58(85)74-37-49(30-47)32-52/h8,11-12,14-19,29-32,35,40,43-44,54-55,57,62-63,72,84H,6-7,9-10,13,20-28,33-34,36-39,41H2,1-5H3,(H,73,94)(H,74,85)(H,75,87)(H,76,89)(H,77,90)(H,78,86)(H,79,91)(H,80,92)/t43-,44+,54-,55-,57-,62-,63?,70-/m0/s1. The van der Waals surface area contributed by atoms with Gasteiger partial charge < -0.3 is 81.5 Å². The summed E-state index contributed by atoms with van der Waals surface area (Å²) in [7, 11) is 1.50. The van der Waals surface area contributed by atoms with E-state index in [4.69, 9.17) is 14.2 Å². The van der Waals surface area contributed by atoms with Crippen molar-refractivity contribution in [2.24, 2.45) is 0 Å². The van der Waals surface area contributed by atoms with E-state index in [0.717, 1.165) is 38.9 Å².